The van der Waals surface area contributed by atoms with Crippen molar-refractivity contribution in [2.24, 2.45) is 0 Å². The molecule has 0 amide bonds. The topological polar surface area (TPSA) is 52.7 Å². The van der Waals surface area contributed by atoms with Crippen molar-refractivity contribution < 1.29 is 4.39 Å². The van der Waals surface area contributed by atoms with E-state index in [-0.39, 0.29) is 11.4 Å². The van der Waals surface area contributed by atoms with Gasteiger partial charge in [-0.05, 0) is 42.7 Å². The summed E-state index contributed by atoms with van der Waals surface area (Å²) in [7, 11) is 0. The number of hydrogen-bond acceptors (Lipinski definition) is 3. The maximum atomic E-state index is 13.2. The van der Waals surface area contributed by atoms with Gasteiger partial charge in [-0.3, -0.25) is 4.79 Å². The molecular formula is C21H17FN4O. The van der Waals surface area contributed by atoms with E-state index >= 15 is 0 Å². The number of benzene rings is 2. The lowest BCUT2D eigenvalue weighted by atomic mass is 10.2. The molecule has 1 aliphatic rings. The van der Waals surface area contributed by atoms with E-state index in [2.05, 4.69) is 10.2 Å². The summed E-state index contributed by atoms with van der Waals surface area (Å²) >= 11 is 0. The predicted molar refractivity (Wildman–Crippen MR) is 101 cm³/mol. The molecule has 1 saturated carbocycles. The van der Waals surface area contributed by atoms with Gasteiger partial charge in [0.25, 0.3) is 5.56 Å². The average molecular weight is 360 g/mol. The second kappa shape index (κ2) is 6.16. The summed E-state index contributed by atoms with van der Waals surface area (Å²) in [6.07, 6.45) is 3.90. The molecule has 5 nitrogen and oxygen atoms in total. The van der Waals surface area contributed by atoms with Crippen LogP contribution in [0, 0.1) is 5.82 Å². The zero-order valence-corrected chi connectivity index (χ0v) is 14.5. The van der Waals surface area contributed by atoms with Crippen molar-refractivity contribution in [1.29, 1.82) is 0 Å². The smallest absolute Gasteiger partial charge is 0.265 e. The maximum absolute atomic E-state index is 13.2. The molecule has 0 atom stereocenters. The summed E-state index contributed by atoms with van der Waals surface area (Å²) in [5, 5.41) is 9.94. The first-order valence-corrected chi connectivity index (χ1v) is 8.99. The molecule has 0 N–H and O–H groups in total. The molecule has 0 spiro atoms. The highest BCUT2D eigenvalue weighted by Gasteiger charge is 2.30. The first-order valence-electron chi connectivity index (χ1n) is 8.99. The van der Waals surface area contributed by atoms with Crippen LogP contribution in [0.5, 0.6) is 0 Å². The van der Waals surface area contributed by atoms with Crippen molar-refractivity contribution in [2.45, 2.75) is 25.3 Å². The van der Waals surface area contributed by atoms with Gasteiger partial charge in [0.1, 0.15) is 11.3 Å². The number of aromatic nitrogens is 4. The lowest BCUT2D eigenvalue weighted by molar-refractivity contribution is 0.614. The molecule has 4 aromatic rings. The van der Waals surface area contributed by atoms with E-state index in [1.165, 1.54) is 16.8 Å². The molecule has 5 rings (SSSR count). The van der Waals surface area contributed by atoms with Crippen LogP contribution in [-0.4, -0.2) is 19.6 Å². The van der Waals surface area contributed by atoms with E-state index in [0.717, 1.165) is 35.2 Å². The highest BCUT2D eigenvalue weighted by atomic mass is 19.1. The lowest BCUT2D eigenvalue weighted by Gasteiger charge is -2.10. The summed E-state index contributed by atoms with van der Waals surface area (Å²) in [4.78, 5) is 13.2. The third-order valence-corrected chi connectivity index (χ3v) is 4.92. The van der Waals surface area contributed by atoms with E-state index in [9.17, 15) is 9.18 Å². The Labute approximate surface area is 154 Å². The zero-order valence-electron chi connectivity index (χ0n) is 14.5. The molecule has 0 bridgehead atoms. The third kappa shape index (κ3) is 2.83. The summed E-state index contributed by atoms with van der Waals surface area (Å²) in [6.45, 7) is 0.300. The fourth-order valence-electron chi connectivity index (χ4n) is 3.39. The second-order valence-corrected chi connectivity index (χ2v) is 6.90. The second-order valence-electron chi connectivity index (χ2n) is 6.90. The van der Waals surface area contributed by atoms with Gasteiger partial charge in [-0.15, -0.1) is 0 Å². The van der Waals surface area contributed by atoms with Gasteiger partial charge in [0.2, 0.25) is 0 Å². The van der Waals surface area contributed by atoms with Gasteiger partial charge in [-0.25, -0.2) is 13.8 Å². The Balaban J connectivity index is 1.70. The molecule has 2 aromatic heterocycles. The van der Waals surface area contributed by atoms with Crippen LogP contribution >= 0.6 is 0 Å². The number of para-hydroxylation sites is 1. The molecule has 1 fully saturated rings. The molecule has 2 aromatic carbocycles. The predicted octanol–water partition coefficient (Wildman–Crippen LogP) is 3.65. The van der Waals surface area contributed by atoms with Gasteiger partial charge >= 0.3 is 0 Å². The van der Waals surface area contributed by atoms with Crippen molar-refractivity contribution in [2.75, 3.05) is 0 Å². The molecule has 0 aliphatic heterocycles. The van der Waals surface area contributed by atoms with Gasteiger partial charge in [-0.2, -0.15) is 10.2 Å². The Morgan fingerprint density at radius 3 is 2.48 bits per heavy atom. The largest absolute Gasteiger partial charge is 0.293 e. The van der Waals surface area contributed by atoms with Gasteiger partial charge in [0.05, 0.1) is 24.1 Å². The van der Waals surface area contributed by atoms with Gasteiger partial charge in [0.15, 0.2) is 0 Å². The fraction of sp³-hybridized carbons (Fsp3) is 0.190. The molecule has 134 valence electrons. The van der Waals surface area contributed by atoms with Crippen LogP contribution in [-0.2, 0) is 6.54 Å². The monoisotopic (exact) mass is 360 g/mol. The Morgan fingerprint density at radius 2 is 1.78 bits per heavy atom. The normalized spacial score (nSPS) is 14.0. The molecule has 1 aliphatic carbocycles. The van der Waals surface area contributed by atoms with Crippen LogP contribution in [0.15, 0.2) is 65.6 Å². The fourth-order valence-corrected chi connectivity index (χ4v) is 3.39. The van der Waals surface area contributed by atoms with Crippen molar-refractivity contribution in [1.82, 2.24) is 19.6 Å². The summed E-state index contributed by atoms with van der Waals surface area (Å²) in [5.74, 6) is 0.0799. The minimum atomic E-state index is -0.296. The van der Waals surface area contributed by atoms with Crippen LogP contribution in [0.4, 0.5) is 4.39 Å². The average Bonchev–Trinajstić information content (AvgIpc) is 3.44. The Bertz CT molecular complexity index is 1170. The van der Waals surface area contributed by atoms with E-state index in [1.54, 1.807) is 23.0 Å². The zero-order chi connectivity index (χ0) is 18.4. The van der Waals surface area contributed by atoms with Crippen LogP contribution in [0.3, 0.4) is 0 Å². The van der Waals surface area contributed by atoms with Gasteiger partial charge < -0.3 is 0 Å². The number of rotatable bonds is 4. The first kappa shape index (κ1) is 15.9. The third-order valence-electron chi connectivity index (χ3n) is 4.92. The number of nitrogens with zero attached hydrogens (tertiary/aromatic N) is 4. The van der Waals surface area contributed by atoms with Crippen molar-refractivity contribution in [3.8, 4) is 5.69 Å². The minimum Gasteiger partial charge on any atom is -0.265 e. The van der Waals surface area contributed by atoms with E-state index in [4.69, 9.17) is 0 Å². The first-order chi connectivity index (χ1) is 13.2. The quantitative estimate of drug-likeness (QED) is 0.558. The molecule has 0 saturated heterocycles. The molecular weight excluding hydrogens is 343 g/mol. The summed E-state index contributed by atoms with van der Waals surface area (Å²) in [5.41, 5.74) is 2.94. The highest BCUT2D eigenvalue weighted by molar-refractivity contribution is 5.82. The Morgan fingerprint density at radius 1 is 1.04 bits per heavy atom. The van der Waals surface area contributed by atoms with Gasteiger partial charge in [-0.1, -0.05) is 30.3 Å². The summed E-state index contributed by atoms with van der Waals surface area (Å²) < 4.78 is 16.4. The molecule has 27 heavy (non-hydrogen) atoms. The minimum absolute atomic E-state index is 0.194. The summed E-state index contributed by atoms with van der Waals surface area (Å²) in [6, 6.07) is 15.8. The van der Waals surface area contributed by atoms with Crippen molar-refractivity contribution >= 4 is 10.9 Å². The molecule has 6 heteroatoms. The number of hydrogen-bond donors (Lipinski definition) is 0. The van der Waals surface area contributed by atoms with Crippen molar-refractivity contribution in [3.05, 3.63) is 88.2 Å². The van der Waals surface area contributed by atoms with E-state index in [0.29, 0.717) is 18.0 Å². The van der Waals surface area contributed by atoms with Crippen molar-refractivity contribution in [3.63, 3.8) is 0 Å². The standard InChI is InChI=1S/C21H17FN4O/c22-16-10-6-14(7-11-16)13-25-21(27)20-18(19(24-25)15-8-9-15)12-23-26(20)17-4-2-1-3-5-17/h1-7,10-12,15H,8-9,13H2. The van der Waals surface area contributed by atoms with Crippen LogP contribution < -0.4 is 5.56 Å². The molecule has 2 heterocycles. The van der Waals surface area contributed by atoms with E-state index < -0.39 is 0 Å². The number of halogens is 1. The SMILES string of the molecule is O=c1c2c(cnn2-c2ccccc2)c(C2CC2)nn1Cc1ccc(F)cc1. The van der Waals surface area contributed by atoms with Crippen LogP contribution in [0.2, 0.25) is 0 Å². The van der Waals surface area contributed by atoms with Crippen LogP contribution in [0.1, 0.15) is 30.0 Å². The van der Waals surface area contributed by atoms with Crippen LogP contribution in [0.25, 0.3) is 16.6 Å². The van der Waals surface area contributed by atoms with E-state index in [1.807, 2.05) is 30.3 Å². The molecule has 0 unspecified atom stereocenters. The number of fused-ring (bicyclic) bond motifs is 1. The van der Waals surface area contributed by atoms with Gasteiger partial charge in [0, 0.05) is 11.3 Å². The Hall–Kier alpha value is -3.28. The lowest BCUT2D eigenvalue weighted by Crippen LogP contribution is -2.26. The molecule has 0 radical (unpaired) electrons. The maximum Gasteiger partial charge on any atom is 0.293 e. The Kier molecular flexibility index (Phi) is 3.63. The highest BCUT2D eigenvalue weighted by Crippen LogP contribution is 2.41.